The number of pyridine rings is 1. The number of halogens is 5. The fourth-order valence-corrected chi connectivity index (χ4v) is 3.61. The van der Waals surface area contributed by atoms with Gasteiger partial charge in [-0.05, 0) is 30.3 Å². The lowest BCUT2D eigenvalue weighted by Gasteiger charge is -2.12. The van der Waals surface area contributed by atoms with Crippen molar-refractivity contribution in [1.29, 1.82) is 0 Å². The second-order valence-electron chi connectivity index (χ2n) is 4.85. The summed E-state index contributed by atoms with van der Waals surface area (Å²) in [5, 5.41) is -0.620. The topological polar surface area (TPSA) is 56.1 Å². The SMILES string of the molecule is O=c1c(Cl)cc(C(F)(F)F)cn1CCS(=O)(=O)c1ccc(Br)cc1. The molecule has 10 heteroatoms. The first-order valence-electron chi connectivity index (χ1n) is 6.46. The summed E-state index contributed by atoms with van der Waals surface area (Å²) in [6, 6.07) is 6.30. The Hall–Kier alpha value is -1.32. The Morgan fingerprint density at radius 2 is 1.75 bits per heavy atom. The summed E-state index contributed by atoms with van der Waals surface area (Å²) in [5.74, 6) is -0.536. The summed E-state index contributed by atoms with van der Waals surface area (Å²) < 4.78 is 64.0. The van der Waals surface area contributed by atoms with E-state index in [0.717, 1.165) is 0 Å². The van der Waals surface area contributed by atoms with Crippen LogP contribution in [-0.2, 0) is 22.6 Å². The number of hydrogen-bond donors (Lipinski definition) is 0. The molecule has 0 aliphatic rings. The molecule has 0 bridgehead atoms. The lowest BCUT2D eigenvalue weighted by molar-refractivity contribution is -0.138. The highest BCUT2D eigenvalue weighted by molar-refractivity contribution is 9.10. The molecular weight excluding hydrogens is 435 g/mol. The van der Waals surface area contributed by atoms with Gasteiger partial charge in [0.1, 0.15) is 5.02 Å². The van der Waals surface area contributed by atoms with Gasteiger partial charge in [0.25, 0.3) is 5.56 Å². The lowest BCUT2D eigenvalue weighted by atomic mass is 10.3. The van der Waals surface area contributed by atoms with Gasteiger partial charge >= 0.3 is 6.18 Å². The van der Waals surface area contributed by atoms with Gasteiger partial charge in [-0.25, -0.2) is 8.42 Å². The Bertz CT molecular complexity index is 908. The van der Waals surface area contributed by atoms with Gasteiger partial charge in [-0.2, -0.15) is 13.2 Å². The molecule has 0 atom stereocenters. The van der Waals surface area contributed by atoms with Crippen molar-refractivity contribution in [2.24, 2.45) is 0 Å². The first-order valence-corrected chi connectivity index (χ1v) is 9.28. The van der Waals surface area contributed by atoms with Crippen LogP contribution >= 0.6 is 27.5 Å². The van der Waals surface area contributed by atoms with Crippen molar-refractivity contribution in [3.05, 3.63) is 61.9 Å². The second kappa shape index (κ2) is 6.89. The largest absolute Gasteiger partial charge is 0.417 e. The Labute approximate surface area is 148 Å². The molecule has 1 aromatic carbocycles. The maximum atomic E-state index is 12.8. The maximum Gasteiger partial charge on any atom is 0.417 e. The summed E-state index contributed by atoms with van der Waals surface area (Å²) in [4.78, 5) is 11.8. The molecule has 2 rings (SSSR count). The van der Waals surface area contributed by atoms with Crippen molar-refractivity contribution >= 4 is 37.4 Å². The van der Waals surface area contributed by atoms with Crippen molar-refractivity contribution in [2.45, 2.75) is 17.6 Å². The van der Waals surface area contributed by atoms with Crippen LogP contribution in [0.2, 0.25) is 5.02 Å². The van der Waals surface area contributed by atoms with E-state index in [4.69, 9.17) is 11.6 Å². The van der Waals surface area contributed by atoms with Crippen LogP contribution in [0.5, 0.6) is 0 Å². The Morgan fingerprint density at radius 1 is 1.17 bits per heavy atom. The highest BCUT2D eigenvalue weighted by Crippen LogP contribution is 2.29. The fourth-order valence-electron chi connectivity index (χ4n) is 1.90. The molecule has 130 valence electrons. The molecule has 0 aliphatic heterocycles. The number of nitrogens with zero attached hydrogens (tertiary/aromatic N) is 1. The third-order valence-electron chi connectivity index (χ3n) is 3.14. The van der Waals surface area contributed by atoms with Gasteiger partial charge < -0.3 is 4.57 Å². The van der Waals surface area contributed by atoms with Crippen LogP contribution in [-0.4, -0.2) is 18.7 Å². The van der Waals surface area contributed by atoms with E-state index >= 15 is 0 Å². The molecule has 2 aromatic rings. The third-order valence-corrected chi connectivity index (χ3v) is 5.65. The molecule has 0 N–H and O–H groups in total. The number of benzene rings is 1. The average Bonchev–Trinajstić information content (AvgIpc) is 2.48. The van der Waals surface area contributed by atoms with Gasteiger partial charge in [-0.3, -0.25) is 4.79 Å². The molecule has 0 aliphatic carbocycles. The third kappa shape index (κ3) is 4.40. The van der Waals surface area contributed by atoms with E-state index in [9.17, 15) is 26.4 Å². The van der Waals surface area contributed by atoms with Crippen LogP contribution < -0.4 is 5.56 Å². The van der Waals surface area contributed by atoms with E-state index in [2.05, 4.69) is 15.9 Å². The molecule has 24 heavy (non-hydrogen) atoms. The van der Waals surface area contributed by atoms with Crippen molar-refractivity contribution in [3.8, 4) is 0 Å². The molecular formula is C14H10BrClF3NO3S. The van der Waals surface area contributed by atoms with Crippen LogP contribution in [0.4, 0.5) is 13.2 Å². The number of alkyl halides is 3. The molecule has 0 saturated heterocycles. The first kappa shape index (κ1) is 19.0. The van der Waals surface area contributed by atoms with Crippen LogP contribution in [0.15, 0.2) is 50.7 Å². The minimum atomic E-state index is -4.69. The molecule has 1 aromatic heterocycles. The predicted octanol–water partition coefficient (Wildman–Crippen LogP) is 3.76. The molecule has 0 spiro atoms. The van der Waals surface area contributed by atoms with Crippen LogP contribution in [0, 0.1) is 0 Å². The summed E-state index contributed by atoms with van der Waals surface area (Å²) in [6.45, 7) is -0.444. The number of rotatable bonds is 4. The Morgan fingerprint density at radius 3 is 2.29 bits per heavy atom. The maximum absolute atomic E-state index is 12.8. The molecule has 0 radical (unpaired) electrons. The molecule has 4 nitrogen and oxygen atoms in total. The van der Waals surface area contributed by atoms with E-state index in [-0.39, 0.29) is 4.90 Å². The quantitative estimate of drug-likeness (QED) is 0.722. The van der Waals surface area contributed by atoms with Gasteiger partial charge in [0.2, 0.25) is 0 Å². The number of hydrogen-bond acceptors (Lipinski definition) is 3. The van der Waals surface area contributed by atoms with Gasteiger partial charge in [-0.1, -0.05) is 27.5 Å². The van der Waals surface area contributed by atoms with Gasteiger partial charge in [0, 0.05) is 17.2 Å². The average molecular weight is 445 g/mol. The van der Waals surface area contributed by atoms with E-state index in [1.54, 1.807) is 0 Å². The zero-order valence-corrected chi connectivity index (χ0v) is 15.0. The smallest absolute Gasteiger partial charge is 0.313 e. The van der Waals surface area contributed by atoms with Crippen LogP contribution in [0.3, 0.4) is 0 Å². The Balaban J connectivity index is 2.30. The number of aromatic nitrogens is 1. The molecule has 0 saturated carbocycles. The van der Waals surface area contributed by atoms with Gasteiger partial charge in [-0.15, -0.1) is 0 Å². The van der Waals surface area contributed by atoms with Crippen molar-refractivity contribution in [3.63, 3.8) is 0 Å². The summed E-state index contributed by atoms with van der Waals surface area (Å²) in [6.07, 6.45) is -4.13. The van der Waals surface area contributed by atoms with E-state index in [1.165, 1.54) is 24.3 Å². The molecule has 0 unspecified atom stereocenters. The normalized spacial score (nSPS) is 12.4. The van der Waals surface area contributed by atoms with Crippen LogP contribution in [0.25, 0.3) is 0 Å². The fraction of sp³-hybridized carbons (Fsp3) is 0.214. The van der Waals surface area contributed by atoms with Gasteiger partial charge in [0.15, 0.2) is 9.84 Å². The van der Waals surface area contributed by atoms with Crippen molar-refractivity contribution in [1.82, 2.24) is 4.57 Å². The summed E-state index contributed by atoms with van der Waals surface area (Å²) in [7, 11) is -3.76. The summed E-state index contributed by atoms with van der Waals surface area (Å²) in [5.41, 5.74) is -2.00. The van der Waals surface area contributed by atoms with Crippen molar-refractivity contribution < 1.29 is 21.6 Å². The monoisotopic (exact) mass is 443 g/mol. The Kier molecular flexibility index (Phi) is 5.46. The zero-order valence-electron chi connectivity index (χ0n) is 11.8. The van der Waals surface area contributed by atoms with E-state index in [1.807, 2.05) is 0 Å². The van der Waals surface area contributed by atoms with Gasteiger partial charge in [0.05, 0.1) is 16.2 Å². The predicted molar refractivity (Wildman–Crippen MR) is 86.9 cm³/mol. The van der Waals surface area contributed by atoms with Crippen LogP contribution in [0.1, 0.15) is 5.56 Å². The molecule has 0 fully saturated rings. The first-order chi connectivity index (χ1) is 11.0. The standard InChI is InChI=1S/C14H10BrClF3NO3S/c15-10-1-3-11(4-2-10)24(22,23)6-5-20-8-9(14(17,18)19)7-12(16)13(20)21/h1-4,7-8H,5-6H2. The van der Waals surface area contributed by atoms with E-state index < -0.39 is 44.5 Å². The van der Waals surface area contributed by atoms with Crippen molar-refractivity contribution in [2.75, 3.05) is 5.75 Å². The van der Waals surface area contributed by atoms with E-state index in [0.29, 0.717) is 21.3 Å². The minimum Gasteiger partial charge on any atom is -0.313 e. The number of sulfone groups is 1. The second-order valence-corrected chi connectivity index (χ2v) is 8.28. The zero-order chi connectivity index (χ0) is 18.1. The molecule has 1 heterocycles. The highest BCUT2D eigenvalue weighted by atomic mass is 79.9. The number of aryl methyl sites for hydroxylation is 1. The lowest BCUT2D eigenvalue weighted by Crippen LogP contribution is -2.26. The highest BCUT2D eigenvalue weighted by Gasteiger charge is 2.32. The molecule has 0 amide bonds. The minimum absolute atomic E-state index is 0.0109. The summed E-state index contributed by atoms with van der Waals surface area (Å²) >= 11 is 8.69.